The third-order valence-electron chi connectivity index (χ3n) is 6.20. The molecule has 0 aromatic heterocycles. The molecule has 21 heavy (non-hydrogen) atoms. The van der Waals surface area contributed by atoms with Crippen molar-refractivity contribution in [2.24, 2.45) is 29.4 Å². The molecule has 0 saturated heterocycles. The second kappa shape index (κ2) is 7.82. The minimum Gasteiger partial charge on any atom is -0.353 e. The fourth-order valence-corrected chi connectivity index (χ4v) is 4.92. The van der Waals surface area contributed by atoms with E-state index in [0.717, 1.165) is 37.6 Å². The molecule has 0 spiro atoms. The van der Waals surface area contributed by atoms with Gasteiger partial charge >= 0.3 is 0 Å². The number of nitrogens with one attached hydrogen (secondary N) is 1. The van der Waals surface area contributed by atoms with Gasteiger partial charge in [-0.15, -0.1) is 12.4 Å². The first-order valence-electron chi connectivity index (χ1n) is 8.78. The van der Waals surface area contributed by atoms with E-state index in [1.165, 1.54) is 44.9 Å². The predicted octanol–water partition coefficient (Wildman–Crippen LogP) is 3.26. The summed E-state index contributed by atoms with van der Waals surface area (Å²) in [6, 6.07) is 0.358. The lowest BCUT2D eigenvalue weighted by atomic mass is 9.67. The van der Waals surface area contributed by atoms with Crippen LogP contribution in [0.4, 0.5) is 0 Å². The first kappa shape index (κ1) is 17.1. The first-order valence-corrected chi connectivity index (χ1v) is 8.78. The van der Waals surface area contributed by atoms with Gasteiger partial charge in [-0.3, -0.25) is 4.79 Å². The summed E-state index contributed by atoms with van der Waals surface area (Å²) in [6.07, 6.45) is 12.7. The molecule has 1 amide bonds. The third-order valence-corrected chi connectivity index (χ3v) is 6.20. The number of rotatable bonds is 3. The Morgan fingerprint density at radius 1 is 0.952 bits per heavy atom. The van der Waals surface area contributed by atoms with Crippen molar-refractivity contribution in [2.75, 3.05) is 6.54 Å². The molecule has 5 unspecified atom stereocenters. The van der Waals surface area contributed by atoms with E-state index in [1.807, 2.05) is 0 Å². The van der Waals surface area contributed by atoms with Gasteiger partial charge in [0.05, 0.1) is 0 Å². The Hall–Kier alpha value is -0.280. The van der Waals surface area contributed by atoms with Crippen molar-refractivity contribution in [1.29, 1.82) is 0 Å². The second-order valence-electron chi connectivity index (χ2n) is 7.36. The molecule has 3 nitrogen and oxygen atoms in total. The lowest BCUT2D eigenvalue weighted by Gasteiger charge is -2.39. The SMILES string of the molecule is Cl.NCC1CCCC1NC(=O)C1CCC2CCCCC2C1. The Labute approximate surface area is 135 Å². The van der Waals surface area contributed by atoms with Gasteiger partial charge in [0.15, 0.2) is 0 Å². The molecule has 0 aromatic rings. The summed E-state index contributed by atoms with van der Waals surface area (Å²) in [5.41, 5.74) is 5.81. The number of hydrogen-bond acceptors (Lipinski definition) is 2. The number of carbonyl (C=O) groups is 1. The van der Waals surface area contributed by atoms with Crippen molar-refractivity contribution in [1.82, 2.24) is 5.32 Å². The van der Waals surface area contributed by atoms with Crippen molar-refractivity contribution in [3.63, 3.8) is 0 Å². The van der Waals surface area contributed by atoms with E-state index in [2.05, 4.69) is 5.32 Å². The van der Waals surface area contributed by atoms with Crippen LogP contribution < -0.4 is 11.1 Å². The van der Waals surface area contributed by atoms with Gasteiger partial charge in [0.25, 0.3) is 0 Å². The Kier molecular flexibility index (Phi) is 6.36. The van der Waals surface area contributed by atoms with E-state index in [9.17, 15) is 4.79 Å². The van der Waals surface area contributed by atoms with Gasteiger partial charge in [-0.25, -0.2) is 0 Å². The number of hydrogen-bond donors (Lipinski definition) is 2. The van der Waals surface area contributed by atoms with Gasteiger partial charge in [0.2, 0.25) is 5.91 Å². The molecule has 0 radical (unpaired) electrons. The van der Waals surface area contributed by atoms with Gasteiger partial charge in [-0.05, 0) is 56.4 Å². The summed E-state index contributed by atoms with van der Waals surface area (Å²) in [4.78, 5) is 12.5. The minimum atomic E-state index is 0. The second-order valence-corrected chi connectivity index (χ2v) is 7.36. The van der Waals surface area contributed by atoms with Crippen LogP contribution >= 0.6 is 12.4 Å². The van der Waals surface area contributed by atoms with E-state index in [-0.39, 0.29) is 18.3 Å². The van der Waals surface area contributed by atoms with Crippen molar-refractivity contribution in [3.05, 3.63) is 0 Å². The maximum absolute atomic E-state index is 12.5. The predicted molar refractivity (Wildman–Crippen MR) is 88.4 cm³/mol. The van der Waals surface area contributed by atoms with E-state index in [0.29, 0.717) is 17.9 Å². The average Bonchev–Trinajstić information content (AvgIpc) is 2.94. The van der Waals surface area contributed by atoms with Crippen molar-refractivity contribution >= 4 is 18.3 Å². The van der Waals surface area contributed by atoms with Crippen LogP contribution in [0.25, 0.3) is 0 Å². The number of amides is 1. The van der Waals surface area contributed by atoms with Gasteiger partial charge in [-0.2, -0.15) is 0 Å². The quantitative estimate of drug-likeness (QED) is 0.840. The van der Waals surface area contributed by atoms with E-state index >= 15 is 0 Å². The van der Waals surface area contributed by atoms with Crippen LogP contribution in [-0.2, 0) is 4.79 Å². The fourth-order valence-electron chi connectivity index (χ4n) is 4.92. The summed E-state index contributed by atoms with van der Waals surface area (Å²) in [6.45, 7) is 0.723. The molecule has 0 aromatic carbocycles. The summed E-state index contributed by atoms with van der Waals surface area (Å²) in [7, 11) is 0. The zero-order valence-corrected chi connectivity index (χ0v) is 13.9. The Morgan fingerprint density at radius 2 is 1.71 bits per heavy atom. The molecule has 0 bridgehead atoms. The summed E-state index contributed by atoms with van der Waals surface area (Å²) >= 11 is 0. The Morgan fingerprint density at radius 3 is 2.48 bits per heavy atom. The third kappa shape index (κ3) is 3.92. The van der Waals surface area contributed by atoms with E-state index < -0.39 is 0 Å². The number of halogens is 1. The topological polar surface area (TPSA) is 55.1 Å². The first-order chi connectivity index (χ1) is 9.78. The van der Waals surface area contributed by atoms with Crippen molar-refractivity contribution < 1.29 is 4.79 Å². The molecule has 3 fully saturated rings. The van der Waals surface area contributed by atoms with E-state index in [4.69, 9.17) is 5.73 Å². The lowest BCUT2D eigenvalue weighted by molar-refractivity contribution is -0.128. The number of nitrogens with two attached hydrogens (primary N) is 1. The zero-order chi connectivity index (χ0) is 13.9. The molecular formula is C17H31ClN2O. The summed E-state index contributed by atoms with van der Waals surface area (Å²) in [5, 5.41) is 3.33. The minimum absolute atomic E-state index is 0. The molecule has 5 atom stereocenters. The largest absolute Gasteiger partial charge is 0.353 e. The smallest absolute Gasteiger partial charge is 0.223 e. The standard InChI is InChI=1S/C17H30N2O.ClH/c18-11-15-6-3-7-16(15)19-17(20)14-9-8-12-4-1-2-5-13(12)10-14;/h12-16H,1-11,18H2,(H,19,20);1H. The van der Waals surface area contributed by atoms with Crippen molar-refractivity contribution in [3.8, 4) is 0 Å². The normalized spacial score (nSPS) is 39.2. The Bertz CT molecular complexity index is 350. The molecule has 3 rings (SSSR count). The van der Waals surface area contributed by atoms with Gasteiger partial charge in [0, 0.05) is 12.0 Å². The fraction of sp³-hybridized carbons (Fsp3) is 0.941. The molecule has 3 aliphatic rings. The molecule has 3 saturated carbocycles. The van der Waals surface area contributed by atoms with Crippen molar-refractivity contribution in [2.45, 2.75) is 70.3 Å². The van der Waals surface area contributed by atoms with Crippen LogP contribution in [0, 0.1) is 23.7 Å². The summed E-state index contributed by atoms with van der Waals surface area (Å²) in [5.74, 6) is 2.90. The van der Waals surface area contributed by atoms with Crippen LogP contribution in [0.1, 0.15) is 64.2 Å². The van der Waals surface area contributed by atoms with Crippen LogP contribution in [0.3, 0.4) is 0 Å². The molecule has 0 aliphatic heterocycles. The maximum atomic E-state index is 12.5. The lowest BCUT2D eigenvalue weighted by Crippen LogP contribution is -2.44. The molecular weight excluding hydrogens is 284 g/mol. The van der Waals surface area contributed by atoms with Crippen LogP contribution in [0.15, 0.2) is 0 Å². The highest BCUT2D eigenvalue weighted by atomic mass is 35.5. The monoisotopic (exact) mass is 314 g/mol. The van der Waals surface area contributed by atoms with E-state index in [1.54, 1.807) is 0 Å². The maximum Gasteiger partial charge on any atom is 0.223 e. The molecule has 3 N–H and O–H groups in total. The van der Waals surface area contributed by atoms with Crippen LogP contribution in [0.5, 0.6) is 0 Å². The molecule has 3 aliphatic carbocycles. The average molecular weight is 315 g/mol. The summed E-state index contributed by atoms with van der Waals surface area (Å²) < 4.78 is 0. The van der Waals surface area contributed by atoms with Crippen LogP contribution in [-0.4, -0.2) is 18.5 Å². The molecule has 0 heterocycles. The Balaban J connectivity index is 0.00000161. The zero-order valence-electron chi connectivity index (χ0n) is 13.1. The van der Waals surface area contributed by atoms with Gasteiger partial charge < -0.3 is 11.1 Å². The van der Waals surface area contributed by atoms with Gasteiger partial charge in [0.1, 0.15) is 0 Å². The van der Waals surface area contributed by atoms with Crippen LogP contribution in [0.2, 0.25) is 0 Å². The van der Waals surface area contributed by atoms with Gasteiger partial charge in [-0.1, -0.05) is 32.1 Å². The number of carbonyl (C=O) groups excluding carboxylic acids is 1. The molecule has 4 heteroatoms. The molecule has 122 valence electrons. The highest BCUT2D eigenvalue weighted by Gasteiger charge is 2.36. The highest BCUT2D eigenvalue weighted by molar-refractivity contribution is 5.85. The number of fused-ring (bicyclic) bond motifs is 1. The highest BCUT2D eigenvalue weighted by Crippen LogP contribution is 2.42.